The molecule has 1 saturated carbocycles. The highest BCUT2D eigenvalue weighted by molar-refractivity contribution is 7.08. The number of hydrogen-bond acceptors (Lipinski definition) is 2. The maximum Gasteiger partial charge on any atom is 0.138 e. The third-order valence-electron chi connectivity index (χ3n) is 2.54. The van der Waals surface area contributed by atoms with Gasteiger partial charge >= 0.3 is 0 Å². The molecule has 0 aliphatic heterocycles. The Hall–Kier alpha value is -0.410. The van der Waals surface area contributed by atoms with Crippen molar-refractivity contribution in [2.75, 3.05) is 0 Å². The molecule has 3 heteroatoms. The second-order valence-corrected chi connectivity index (χ2v) is 4.26. The van der Waals surface area contributed by atoms with Crippen LogP contribution in [0.3, 0.4) is 0 Å². The Morgan fingerprint density at radius 3 is 3.00 bits per heavy atom. The van der Waals surface area contributed by atoms with Gasteiger partial charge in [0.15, 0.2) is 0 Å². The van der Waals surface area contributed by atoms with Crippen LogP contribution in [0.25, 0.3) is 0 Å². The molecule has 0 saturated heterocycles. The first-order valence-electron chi connectivity index (χ1n) is 4.18. The van der Waals surface area contributed by atoms with Gasteiger partial charge < -0.3 is 5.73 Å². The van der Waals surface area contributed by atoms with Gasteiger partial charge in [0.2, 0.25) is 0 Å². The van der Waals surface area contributed by atoms with Gasteiger partial charge in [-0.1, -0.05) is 0 Å². The van der Waals surface area contributed by atoms with Crippen molar-refractivity contribution in [3.05, 3.63) is 22.4 Å². The third-order valence-corrected chi connectivity index (χ3v) is 3.22. The van der Waals surface area contributed by atoms with Crippen molar-refractivity contribution in [2.24, 2.45) is 5.73 Å². The highest BCUT2D eigenvalue weighted by Gasteiger charge is 2.39. The van der Waals surface area contributed by atoms with Gasteiger partial charge in [0.05, 0.1) is 0 Å². The van der Waals surface area contributed by atoms with Crippen molar-refractivity contribution < 1.29 is 4.39 Å². The van der Waals surface area contributed by atoms with Gasteiger partial charge in [0, 0.05) is 12.5 Å². The largest absolute Gasteiger partial charge is 0.328 e. The average Bonchev–Trinajstić information content (AvgIpc) is 2.59. The molecule has 2 rings (SSSR count). The Balaban J connectivity index is 2.23. The molecule has 1 nitrogen and oxygen atoms in total. The van der Waals surface area contributed by atoms with Crippen LogP contribution in [-0.2, 0) is 5.67 Å². The molecule has 1 aromatic heterocycles. The van der Waals surface area contributed by atoms with E-state index < -0.39 is 5.67 Å². The summed E-state index contributed by atoms with van der Waals surface area (Å²) in [5, 5.41) is 3.80. The van der Waals surface area contributed by atoms with Gasteiger partial charge in [-0.15, -0.1) is 0 Å². The molecule has 2 atom stereocenters. The summed E-state index contributed by atoms with van der Waals surface area (Å²) in [6.07, 6.45) is 1.89. The molecule has 0 radical (unpaired) electrons. The summed E-state index contributed by atoms with van der Waals surface area (Å²) in [7, 11) is 0. The zero-order chi connectivity index (χ0) is 8.60. The van der Waals surface area contributed by atoms with Crippen LogP contribution in [0.5, 0.6) is 0 Å². The third kappa shape index (κ3) is 1.27. The van der Waals surface area contributed by atoms with Crippen LogP contribution in [-0.4, -0.2) is 6.04 Å². The number of alkyl halides is 1. The number of hydrogen-bond donors (Lipinski definition) is 1. The van der Waals surface area contributed by atoms with E-state index in [1.54, 1.807) is 11.3 Å². The van der Waals surface area contributed by atoms with E-state index in [0.29, 0.717) is 12.8 Å². The van der Waals surface area contributed by atoms with E-state index >= 15 is 0 Å². The van der Waals surface area contributed by atoms with Crippen molar-refractivity contribution in [3.8, 4) is 0 Å². The molecule has 66 valence electrons. The van der Waals surface area contributed by atoms with Crippen LogP contribution in [0.15, 0.2) is 16.8 Å². The molecule has 1 aliphatic rings. The molecule has 0 amide bonds. The fourth-order valence-electron chi connectivity index (χ4n) is 1.82. The molecule has 0 spiro atoms. The maximum atomic E-state index is 14.1. The van der Waals surface area contributed by atoms with E-state index in [4.69, 9.17) is 5.73 Å². The summed E-state index contributed by atoms with van der Waals surface area (Å²) in [4.78, 5) is 0. The minimum atomic E-state index is -1.13. The van der Waals surface area contributed by atoms with Crippen molar-refractivity contribution in [2.45, 2.75) is 31.0 Å². The average molecular weight is 185 g/mol. The quantitative estimate of drug-likeness (QED) is 0.714. The van der Waals surface area contributed by atoms with Gasteiger partial charge in [-0.2, -0.15) is 11.3 Å². The minimum absolute atomic E-state index is 0.0508. The van der Waals surface area contributed by atoms with E-state index in [0.717, 1.165) is 12.0 Å². The fourth-order valence-corrected chi connectivity index (χ4v) is 2.56. The van der Waals surface area contributed by atoms with E-state index in [-0.39, 0.29) is 6.04 Å². The predicted molar refractivity (Wildman–Crippen MR) is 48.9 cm³/mol. The number of thiophene rings is 1. The lowest BCUT2D eigenvalue weighted by molar-refractivity contribution is 0.173. The van der Waals surface area contributed by atoms with E-state index in [9.17, 15) is 4.39 Å². The van der Waals surface area contributed by atoms with Gasteiger partial charge in [-0.05, 0) is 35.2 Å². The lowest BCUT2D eigenvalue weighted by Gasteiger charge is -2.17. The topological polar surface area (TPSA) is 26.0 Å². The van der Waals surface area contributed by atoms with Crippen molar-refractivity contribution in [3.63, 3.8) is 0 Å². The molecule has 1 fully saturated rings. The summed E-state index contributed by atoms with van der Waals surface area (Å²) in [5.41, 5.74) is 5.37. The molecule has 0 bridgehead atoms. The Bertz CT molecular complexity index is 260. The second kappa shape index (κ2) is 2.82. The Kier molecular flexibility index (Phi) is 1.93. The lowest BCUT2D eigenvalue weighted by Crippen LogP contribution is -2.20. The lowest BCUT2D eigenvalue weighted by atomic mass is 9.97. The molecule has 1 heterocycles. The zero-order valence-corrected chi connectivity index (χ0v) is 7.61. The summed E-state index contributed by atoms with van der Waals surface area (Å²) >= 11 is 1.55. The standard InChI is InChI=1S/C9H12FNS/c10-9(3-1-8(11)5-9)7-2-4-12-6-7/h2,4,6,8H,1,3,5,11H2. The SMILES string of the molecule is NC1CCC(F)(c2ccsc2)C1. The van der Waals surface area contributed by atoms with E-state index in [1.807, 2.05) is 16.8 Å². The molecule has 1 aromatic rings. The Morgan fingerprint density at radius 2 is 2.50 bits per heavy atom. The predicted octanol–water partition coefficient (Wildman–Crippen LogP) is 2.42. The van der Waals surface area contributed by atoms with Crippen LogP contribution in [0.1, 0.15) is 24.8 Å². The van der Waals surface area contributed by atoms with Gasteiger partial charge in [-0.3, -0.25) is 0 Å². The maximum absolute atomic E-state index is 14.1. The number of halogens is 1. The first-order chi connectivity index (χ1) is 5.71. The highest BCUT2D eigenvalue weighted by atomic mass is 32.1. The molecular weight excluding hydrogens is 173 g/mol. The highest BCUT2D eigenvalue weighted by Crippen LogP contribution is 2.42. The zero-order valence-electron chi connectivity index (χ0n) is 6.79. The van der Waals surface area contributed by atoms with Crippen molar-refractivity contribution in [1.82, 2.24) is 0 Å². The molecule has 0 aromatic carbocycles. The first-order valence-corrected chi connectivity index (χ1v) is 5.12. The first kappa shape index (κ1) is 8.20. The smallest absolute Gasteiger partial charge is 0.138 e. The molecular formula is C9H12FNS. The molecule has 12 heavy (non-hydrogen) atoms. The Morgan fingerprint density at radius 1 is 1.67 bits per heavy atom. The second-order valence-electron chi connectivity index (χ2n) is 3.48. The van der Waals surface area contributed by atoms with Crippen LogP contribution in [0, 0.1) is 0 Å². The summed E-state index contributed by atoms with van der Waals surface area (Å²) in [5.74, 6) is 0. The fraction of sp³-hybridized carbons (Fsp3) is 0.556. The van der Waals surface area contributed by atoms with Crippen LogP contribution < -0.4 is 5.73 Å². The van der Waals surface area contributed by atoms with Gasteiger partial charge in [-0.25, -0.2) is 4.39 Å². The number of nitrogens with two attached hydrogens (primary N) is 1. The summed E-state index contributed by atoms with van der Waals surface area (Å²) < 4.78 is 14.1. The van der Waals surface area contributed by atoms with E-state index in [2.05, 4.69) is 0 Å². The Labute approximate surface area is 75.4 Å². The van der Waals surface area contributed by atoms with Crippen molar-refractivity contribution in [1.29, 1.82) is 0 Å². The van der Waals surface area contributed by atoms with E-state index in [1.165, 1.54) is 0 Å². The molecule has 1 aliphatic carbocycles. The van der Waals surface area contributed by atoms with Gasteiger partial charge in [0.25, 0.3) is 0 Å². The van der Waals surface area contributed by atoms with Crippen LogP contribution in [0.4, 0.5) is 4.39 Å². The van der Waals surface area contributed by atoms with Crippen LogP contribution in [0.2, 0.25) is 0 Å². The van der Waals surface area contributed by atoms with Crippen LogP contribution >= 0.6 is 11.3 Å². The monoisotopic (exact) mass is 185 g/mol. The normalized spacial score (nSPS) is 35.7. The van der Waals surface area contributed by atoms with Crippen molar-refractivity contribution >= 4 is 11.3 Å². The molecule has 2 N–H and O–H groups in total. The minimum Gasteiger partial charge on any atom is -0.328 e. The summed E-state index contributed by atoms with van der Waals surface area (Å²) in [6.45, 7) is 0. The molecule has 2 unspecified atom stereocenters. The van der Waals surface area contributed by atoms with Gasteiger partial charge in [0.1, 0.15) is 5.67 Å². The summed E-state index contributed by atoms with van der Waals surface area (Å²) in [6, 6.07) is 1.91. The number of rotatable bonds is 1.